The second-order valence-electron chi connectivity index (χ2n) is 3.80. The molecule has 0 unspecified atom stereocenters. The molecule has 6 nitrogen and oxygen atoms in total. The maximum atomic E-state index is 13.0. The molecular formula is C11H14F2N2O4S. The summed E-state index contributed by atoms with van der Waals surface area (Å²) in [6, 6.07) is 2.22. The number of hydroxylamine groups is 2. The zero-order valence-electron chi connectivity index (χ0n) is 10.9. The lowest BCUT2D eigenvalue weighted by Gasteiger charge is -2.13. The van der Waals surface area contributed by atoms with Gasteiger partial charge in [-0.25, -0.2) is 27.0 Å². The summed E-state index contributed by atoms with van der Waals surface area (Å²) in [5, 5.41) is 0.950. The molecule has 1 rings (SSSR count). The molecule has 112 valence electrons. The van der Waals surface area contributed by atoms with Gasteiger partial charge in [0.1, 0.15) is 0 Å². The molecule has 0 aliphatic carbocycles. The number of carbonyl (C=O) groups is 1. The third-order valence-corrected chi connectivity index (χ3v) is 3.92. The predicted molar refractivity (Wildman–Crippen MR) is 65.9 cm³/mol. The second-order valence-corrected chi connectivity index (χ2v) is 5.56. The van der Waals surface area contributed by atoms with E-state index in [-0.39, 0.29) is 13.0 Å². The van der Waals surface area contributed by atoms with E-state index in [1.165, 1.54) is 14.2 Å². The molecule has 20 heavy (non-hydrogen) atoms. The monoisotopic (exact) mass is 308 g/mol. The lowest BCUT2D eigenvalue weighted by Crippen LogP contribution is -2.31. The number of nitrogens with zero attached hydrogens (tertiary/aromatic N) is 1. The van der Waals surface area contributed by atoms with E-state index < -0.39 is 32.5 Å². The van der Waals surface area contributed by atoms with Gasteiger partial charge in [-0.15, -0.1) is 0 Å². The Morgan fingerprint density at radius 2 is 2.00 bits per heavy atom. The number of amides is 1. The van der Waals surface area contributed by atoms with Gasteiger partial charge in [0, 0.05) is 20.0 Å². The number of hydrogen-bond acceptors (Lipinski definition) is 4. The van der Waals surface area contributed by atoms with Crippen molar-refractivity contribution in [3.05, 3.63) is 29.8 Å². The van der Waals surface area contributed by atoms with Gasteiger partial charge in [0.05, 0.1) is 12.0 Å². The number of carbonyl (C=O) groups excluding carboxylic acids is 1. The maximum absolute atomic E-state index is 13.0. The normalized spacial score (nSPS) is 11.4. The van der Waals surface area contributed by atoms with Crippen LogP contribution in [0, 0.1) is 11.6 Å². The first-order chi connectivity index (χ1) is 9.27. The molecule has 0 heterocycles. The number of benzene rings is 1. The summed E-state index contributed by atoms with van der Waals surface area (Å²) in [5.41, 5.74) is 0. The SMILES string of the molecule is CON(C)C(=O)CCNS(=O)(=O)c1ccc(F)c(F)c1. The van der Waals surface area contributed by atoms with Gasteiger partial charge in [0.2, 0.25) is 15.9 Å². The minimum Gasteiger partial charge on any atom is -0.275 e. The minimum atomic E-state index is -4.00. The Morgan fingerprint density at radius 1 is 1.35 bits per heavy atom. The topological polar surface area (TPSA) is 75.7 Å². The number of sulfonamides is 1. The molecule has 0 saturated heterocycles. The van der Waals surface area contributed by atoms with Crippen LogP contribution in [0.1, 0.15) is 6.42 Å². The average molecular weight is 308 g/mol. The van der Waals surface area contributed by atoms with E-state index in [9.17, 15) is 22.0 Å². The Bertz CT molecular complexity index is 592. The van der Waals surface area contributed by atoms with Crippen LogP contribution in [0.2, 0.25) is 0 Å². The van der Waals surface area contributed by atoms with Crippen LogP contribution in [-0.2, 0) is 19.7 Å². The Morgan fingerprint density at radius 3 is 2.55 bits per heavy atom. The fraction of sp³-hybridized carbons (Fsp3) is 0.364. The van der Waals surface area contributed by atoms with Gasteiger partial charge >= 0.3 is 0 Å². The third-order valence-electron chi connectivity index (χ3n) is 2.46. The van der Waals surface area contributed by atoms with E-state index in [1.807, 2.05) is 0 Å². The summed E-state index contributed by atoms with van der Waals surface area (Å²) < 4.78 is 51.3. The van der Waals surface area contributed by atoms with Crippen molar-refractivity contribution < 1.29 is 26.8 Å². The van der Waals surface area contributed by atoms with Gasteiger partial charge in [-0.1, -0.05) is 0 Å². The van der Waals surface area contributed by atoms with E-state index in [0.29, 0.717) is 12.1 Å². The van der Waals surface area contributed by atoms with Crippen LogP contribution in [0.5, 0.6) is 0 Å². The Hall–Kier alpha value is -1.58. The molecular weight excluding hydrogens is 294 g/mol. The molecule has 1 amide bonds. The van der Waals surface area contributed by atoms with Gasteiger partial charge in [-0.2, -0.15) is 0 Å². The quantitative estimate of drug-likeness (QED) is 0.783. The summed E-state index contributed by atoms with van der Waals surface area (Å²) in [4.78, 5) is 15.6. The molecule has 9 heteroatoms. The summed E-state index contributed by atoms with van der Waals surface area (Å²) in [5.74, 6) is -2.83. The first kappa shape index (κ1) is 16.5. The van der Waals surface area contributed by atoms with Crippen LogP contribution in [0.15, 0.2) is 23.1 Å². The number of hydrogen-bond donors (Lipinski definition) is 1. The van der Waals surface area contributed by atoms with Gasteiger partial charge < -0.3 is 0 Å². The molecule has 0 aliphatic rings. The molecule has 0 atom stereocenters. The lowest BCUT2D eigenvalue weighted by atomic mass is 10.3. The van der Waals surface area contributed by atoms with E-state index in [4.69, 9.17) is 0 Å². The van der Waals surface area contributed by atoms with E-state index in [1.54, 1.807) is 0 Å². The van der Waals surface area contributed by atoms with Crippen LogP contribution in [0.4, 0.5) is 8.78 Å². The fourth-order valence-corrected chi connectivity index (χ4v) is 2.32. The van der Waals surface area contributed by atoms with Crippen molar-refractivity contribution >= 4 is 15.9 Å². The van der Waals surface area contributed by atoms with Crippen LogP contribution in [0.3, 0.4) is 0 Å². The average Bonchev–Trinajstić information content (AvgIpc) is 2.40. The highest BCUT2D eigenvalue weighted by molar-refractivity contribution is 7.89. The molecule has 0 bridgehead atoms. The summed E-state index contributed by atoms with van der Waals surface area (Å²) in [6.07, 6.45) is -0.132. The standard InChI is InChI=1S/C11H14F2N2O4S/c1-15(19-2)11(16)5-6-14-20(17,18)8-3-4-9(12)10(13)7-8/h3-4,7,14H,5-6H2,1-2H3. The first-order valence-electron chi connectivity index (χ1n) is 5.53. The molecule has 0 radical (unpaired) electrons. The summed E-state index contributed by atoms with van der Waals surface area (Å²) in [7, 11) is -1.32. The number of nitrogens with one attached hydrogen (secondary N) is 1. The van der Waals surface area contributed by atoms with E-state index in [2.05, 4.69) is 9.56 Å². The zero-order chi connectivity index (χ0) is 15.3. The van der Waals surface area contributed by atoms with Crippen molar-refractivity contribution in [2.24, 2.45) is 0 Å². The Balaban J connectivity index is 2.66. The van der Waals surface area contributed by atoms with Crippen molar-refractivity contribution in [1.82, 2.24) is 9.79 Å². The molecule has 0 aromatic heterocycles. The molecule has 1 aromatic rings. The van der Waals surface area contributed by atoms with Gasteiger partial charge in [0.25, 0.3) is 0 Å². The van der Waals surface area contributed by atoms with Gasteiger partial charge in [-0.3, -0.25) is 9.63 Å². The fourth-order valence-electron chi connectivity index (χ4n) is 1.28. The van der Waals surface area contributed by atoms with Crippen molar-refractivity contribution in [2.45, 2.75) is 11.3 Å². The summed E-state index contributed by atoms with van der Waals surface area (Å²) in [6.45, 7) is -0.187. The third kappa shape index (κ3) is 4.22. The molecule has 0 fully saturated rings. The maximum Gasteiger partial charge on any atom is 0.247 e. The van der Waals surface area contributed by atoms with Crippen LogP contribution in [-0.4, -0.2) is 40.1 Å². The number of halogens is 2. The van der Waals surface area contributed by atoms with Crippen molar-refractivity contribution in [3.8, 4) is 0 Å². The smallest absolute Gasteiger partial charge is 0.247 e. The van der Waals surface area contributed by atoms with Crippen LogP contribution < -0.4 is 4.72 Å². The van der Waals surface area contributed by atoms with Gasteiger partial charge in [-0.05, 0) is 18.2 Å². The molecule has 1 aromatic carbocycles. The molecule has 0 saturated carbocycles. The Labute approximate surface area is 115 Å². The van der Waals surface area contributed by atoms with Crippen molar-refractivity contribution in [2.75, 3.05) is 20.7 Å². The molecule has 0 aliphatic heterocycles. The van der Waals surface area contributed by atoms with E-state index >= 15 is 0 Å². The number of rotatable bonds is 6. The second kappa shape index (κ2) is 6.73. The van der Waals surface area contributed by atoms with E-state index in [0.717, 1.165) is 11.1 Å². The molecule has 1 N–H and O–H groups in total. The lowest BCUT2D eigenvalue weighted by molar-refractivity contribution is -0.168. The Kier molecular flexibility index (Phi) is 5.54. The zero-order valence-corrected chi connectivity index (χ0v) is 11.7. The highest BCUT2D eigenvalue weighted by Crippen LogP contribution is 2.13. The predicted octanol–water partition coefficient (Wildman–Crippen LogP) is 0.653. The van der Waals surface area contributed by atoms with Crippen LogP contribution >= 0.6 is 0 Å². The highest BCUT2D eigenvalue weighted by atomic mass is 32.2. The highest BCUT2D eigenvalue weighted by Gasteiger charge is 2.17. The van der Waals surface area contributed by atoms with Gasteiger partial charge in [0.15, 0.2) is 11.6 Å². The van der Waals surface area contributed by atoms with Crippen molar-refractivity contribution in [1.29, 1.82) is 0 Å². The van der Waals surface area contributed by atoms with Crippen molar-refractivity contribution in [3.63, 3.8) is 0 Å². The summed E-state index contributed by atoms with van der Waals surface area (Å²) >= 11 is 0. The van der Waals surface area contributed by atoms with Crippen LogP contribution in [0.25, 0.3) is 0 Å². The molecule has 0 spiro atoms. The minimum absolute atomic E-state index is 0.132. The first-order valence-corrected chi connectivity index (χ1v) is 7.01. The largest absolute Gasteiger partial charge is 0.275 e.